The molecule has 0 saturated carbocycles. The van der Waals surface area contributed by atoms with Gasteiger partial charge in [0.1, 0.15) is 0 Å². The van der Waals surface area contributed by atoms with Crippen molar-refractivity contribution in [1.29, 1.82) is 0 Å². The zero-order valence-electron chi connectivity index (χ0n) is 13.4. The minimum absolute atomic E-state index is 0.0355. The van der Waals surface area contributed by atoms with Gasteiger partial charge in [-0.25, -0.2) is 0 Å². The van der Waals surface area contributed by atoms with E-state index in [0.717, 1.165) is 37.9 Å². The Kier molecular flexibility index (Phi) is 7.57. The number of aryl methyl sites for hydroxylation is 1. The Morgan fingerprint density at radius 1 is 1.27 bits per heavy atom. The summed E-state index contributed by atoms with van der Waals surface area (Å²) in [4.78, 5) is 11.3. The van der Waals surface area contributed by atoms with Crippen LogP contribution in [0, 0.1) is 0 Å². The molecular formula is C18H26O4. The van der Waals surface area contributed by atoms with Gasteiger partial charge in [0.25, 0.3) is 0 Å². The second-order valence-corrected chi connectivity index (χ2v) is 5.64. The molecule has 1 saturated heterocycles. The lowest BCUT2D eigenvalue weighted by Gasteiger charge is -2.22. The van der Waals surface area contributed by atoms with Gasteiger partial charge in [0.15, 0.2) is 12.1 Å². The molecule has 2 rings (SSSR count). The number of rotatable bonds is 9. The van der Waals surface area contributed by atoms with Crippen molar-refractivity contribution >= 4 is 5.78 Å². The monoisotopic (exact) mass is 306 g/mol. The molecule has 0 amide bonds. The van der Waals surface area contributed by atoms with Crippen LogP contribution in [0.2, 0.25) is 0 Å². The van der Waals surface area contributed by atoms with Gasteiger partial charge < -0.3 is 14.2 Å². The number of carbonyl (C=O) groups excluding carboxylic acids is 1. The zero-order valence-corrected chi connectivity index (χ0v) is 13.4. The smallest absolute Gasteiger partial charge is 0.159 e. The second kappa shape index (κ2) is 9.72. The first-order valence-electron chi connectivity index (χ1n) is 8.16. The number of ether oxygens (including phenoxy) is 3. The van der Waals surface area contributed by atoms with Gasteiger partial charge in [-0.1, -0.05) is 18.2 Å². The number of carbonyl (C=O) groups is 1. The zero-order chi connectivity index (χ0) is 15.6. The van der Waals surface area contributed by atoms with Crippen molar-refractivity contribution in [2.75, 3.05) is 26.4 Å². The van der Waals surface area contributed by atoms with Crippen LogP contribution in [0.1, 0.15) is 48.5 Å². The number of ketones is 1. The number of hydrogen-bond donors (Lipinski definition) is 0. The van der Waals surface area contributed by atoms with Crippen molar-refractivity contribution in [3.05, 3.63) is 35.4 Å². The molecule has 22 heavy (non-hydrogen) atoms. The summed E-state index contributed by atoms with van der Waals surface area (Å²) >= 11 is 0. The third kappa shape index (κ3) is 6.26. The third-order valence-corrected chi connectivity index (χ3v) is 3.76. The first-order valence-corrected chi connectivity index (χ1v) is 8.16. The summed E-state index contributed by atoms with van der Waals surface area (Å²) in [5.41, 5.74) is 1.96. The van der Waals surface area contributed by atoms with Crippen LogP contribution in [0.15, 0.2) is 24.3 Å². The van der Waals surface area contributed by atoms with E-state index in [1.165, 1.54) is 12.0 Å². The van der Waals surface area contributed by atoms with Gasteiger partial charge in [0.2, 0.25) is 0 Å². The van der Waals surface area contributed by atoms with E-state index in [1.54, 1.807) is 6.92 Å². The van der Waals surface area contributed by atoms with Gasteiger partial charge in [0, 0.05) is 18.8 Å². The minimum Gasteiger partial charge on any atom is -0.379 e. The first-order chi connectivity index (χ1) is 10.8. The van der Waals surface area contributed by atoms with Crippen molar-refractivity contribution in [3.63, 3.8) is 0 Å². The van der Waals surface area contributed by atoms with Crippen molar-refractivity contribution in [2.45, 2.75) is 45.3 Å². The van der Waals surface area contributed by atoms with Gasteiger partial charge in [-0.15, -0.1) is 0 Å². The van der Waals surface area contributed by atoms with Crippen molar-refractivity contribution < 1.29 is 19.0 Å². The average Bonchev–Trinajstić information content (AvgIpc) is 2.55. The fourth-order valence-electron chi connectivity index (χ4n) is 2.51. The maximum absolute atomic E-state index is 11.3. The molecule has 1 fully saturated rings. The molecule has 1 aliphatic heterocycles. The lowest BCUT2D eigenvalue weighted by Crippen LogP contribution is -2.24. The molecule has 0 radical (unpaired) electrons. The standard InChI is InChI=1S/C18H26O4/c1-15(19)17-8-4-6-16(14-17)7-5-10-20-12-13-22-18-9-2-3-11-21-18/h4,6,8,14,18H,2-3,5,7,9-13H2,1H3. The van der Waals surface area contributed by atoms with Crippen LogP contribution < -0.4 is 0 Å². The van der Waals surface area contributed by atoms with E-state index in [9.17, 15) is 4.79 Å². The largest absolute Gasteiger partial charge is 0.379 e. The van der Waals surface area contributed by atoms with Crippen LogP contribution in [0.5, 0.6) is 0 Å². The second-order valence-electron chi connectivity index (χ2n) is 5.64. The summed E-state index contributed by atoms with van der Waals surface area (Å²) < 4.78 is 16.7. The van der Waals surface area contributed by atoms with Crippen LogP contribution in [0.25, 0.3) is 0 Å². The third-order valence-electron chi connectivity index (χ3n) is 3.76. The van der Waals surface area contributed by atoms with Gasteiger partial charge in [-0.3, -0.25) is 4.79 Å². The fraction of sp³-hybridized carbons (Fsp3) is 0.611. The quantitative estimate of drug-likeness (QED) is 0.518. The van der Waals surface area contributed by atoms with E-state index in [-0.39, 0.29) is 12.1 Å². The number of benzene rings is 1. The van der Waals surface area contributed by atoms with Crippen LogP contribution in [-0.4, -0.2) is 38.5 Å². The highest BCUT2D eigenvalue weighted by molar-refractivity contribution is 5.94. The Hall–Kier alpha value is -1.23. The maximum atomic E-state index is 11.3. The lowest BCUT2D eigenvalue weighted by molar-refractivity contribution is -0.169. The van der Waals surface area contributed by atoms with Crippen molar-refractivity contribution in [2.24, 2.45) is 0 Å². The number of Topliss-reactive ketones (excluding diaryl/α,β-unsaturated/α-hetero) is 1. The highest BCUT2D eigenvalue weighted by Gasteiger charge is 2.13. The molecule has 1 atom stereocenters. The molecule has 4 nitrogen and oxygen atoms in total. The van der Waals surface area contributed by atoms with Crippen LogP contribution in [0.4, 0.5) is 0 Å². The Balaban J connectivity index is 1.52. The molecule has 4 heteroatoms. The molecule has 0 aliphatic carbocycles. The van der Waals surface area contributed by atoms with Crippen LogP contribution in [-0.2, 0) is 20.6 Å². The van der Waals surface area contributed by atoms with Gasteiger partial charge in [0.05, 0.1) is 13.2 Å². The molecule has 1 aromatic rings. The predicted molar refractivity (Wildman–Crippen MR) is 85.1 cm³/mol. The molecule has 0 N–H and O–H groups in total. The summed E-state index contributed by atoms with van der Waals surface area (Å²) in [5, 5.41) is 0. The summed E-state index contributed by atoms with van der Waals surface area (Å²) in [6.45, 7) is 4.31. The summed E-state index contributed by atoms with van der Waals surface area (Å²) in [6, 6.07) is 7.81. The van der Waals surface area contributed by atoms with Crippen LogP contribution in [0.3, 0.4) is 0 Å². The van der Waals surface area contributed by atoms with E-state index in [2.05, 4.69) is 6.07 Å². The SMILES string of the molecule is CC(=O)c1cccc(CCCOCCOC2CCCCO2)c1. The molecule has 0 spiro atoms. The molecule has 1 heterocycles. The first kappa shape index (κ1) is 17.1. The maximum Gasteiger partial charge on any atom is 0.159 e. The topological polar surface area (TPSA) is 44.8 Å². The van der Waals surface area contributed by atoms with E-state index in [1.807, 2.05) is 18.2 Å². The molecule has 1 aromatic carbocycles. The van der Waals surface area contributed by atoms with E-state index >= 15 is 0 Å². The summed E-state index contributed by atoms with van der Waals surface area (Å²) in [5.74, 6) is 0.111. The lowest BCUT2D eigenvalue weighted by atomic mass is 10.0. The Labute approximate surface area is 132 Å². The van der Waals surface area contributed by atoms with E-state index < -0.39 is 0 Å². The Morgan fingerprint density at radius 2 is 2.18 bits per heavy atom. The Bertz CT molecular complexity index is 452. The summed E-state index contributed by atoms with van der Waals surface area (Å²) in [6.07, 6.45) is 5.15. The normalized spacial score (nSPS) is 18.3. The van der Waals surface area contributed by atoms with Crippen LogP contribution >= 0.6 is 0 Å². The average molecular weight is 306 g/mol. The molecule has 1 unspecified atom stereocenters. The minimum atomic E-state index is -0.0355. The highest BCUT2D eigenvalue weighted by Crippen LogP contribution is 2.13. The summed E-state index contributed by atoms with van der Waals surface area (Å²) in [7, 11) is 0. The predicted octanol–water partition coefficient (Wildman–Crippen LogP) is 3.38. The van der Waals surface area contributed by atoms with Gasteiger partial charge in [-0.05, 0) is 50.7 Å². The molecule has 0 aromatic heterocycles. The molecule has 122 valence electrons. The van der Waals surface area contributed by atoms with E-state index in [4.69, 9.17) is 14.2 Å². The van der Waals surface area contributed by atoms with Gasteiger partial charge >= 0.3 is 0 Å². The Morgan fingerprint density at radius 3 is 2.95 bits per heavy atom. The molecule has 0 bridgehead atoms. The van der Waals surface area contributed by atoms with Crippen molar-refractivity contribution in [1.82, 2.24) is 0 Å². The highest BCUT2D eigenvalue weighted by atomic mass is 16.7. The van der Waals surface area contributed by atoms with Crippen molar-refractivity contribution in [3.8, 4) is 0 Å². The van der Waals surface area contributed by atoms with E-state index in [0.29, 0.717) is 19.8 Å². The van der Waals surface area contributed by atoms with Gasteiger partial charge in [-0.2, -0.15) is 0 Å². The molecular weight excluding hydrogens is 280 g/mol. The fourth-order valence-corrected chi connectivity index (χ4v) is 2.51. The number of hydrogen-bond acceptors (Lipinski definition) is 4. The molecule has 1 aliphatic rings.